The maximum atomic E-state index is 12.3. The quantitative estimate of drug-likeness (QED) is 0.332. The van der Waals surface area contributed by atoms with E-state index in [1.54, 1.807) is 13.8 Å². The van der Waals surface area contributed by atoms with Gasteiger partial charge in [0.2, 0.25) is 0 Å². The fourth-order valence-corrected chi connectivity index (χ4v) is 3.00. The predicted octanol–water partition coefficient (Wildman–Crippen LogP) is 3.24. The molecule has 0 aliphatic carbocycles. The second kappa shape index (κ2) is 7.66. The topological polar surface area (TPSA) is 107 Å². The number of amides is 2. The maximum absolute atomic E-state index is 12.3. The van der Waals surface area contributed by atoms with Crippen molar-refractivity contribution in [1.82, 2.24) is 4.90 Å². The van der Waals surface area contributed by atoms with Gasteiger partial charge in [-0.25, -0.2) is 0 Å². The van der Waals surface area contributed by atoms with Crippen molar-refractivity contribution >= 4 is 52.2 Å². The molecule has 2 rings (SSSR count). The van der Waals surface area contributed by atoms with Crippen molar-refractivity contribution in [2.75, 3.05) is 6.54 Å². The van der Waals surface area contributed by atoms with Crippen LogP contribution in [0.5, 0.6) is 0 Å². The minimum Gasteiger partial charge on any atom is -0.462 e. The molecular formula is C15H13ClN2O6S. The summed E-state index contributed by atoms with van der Waals surface area (Å²) >= 11 is 6.38. The molecule has 1 aliphatic heterocycles. The molecule has 0 radical (unpaired) electrons. The Morgan fingerprint density at radius 2 is 2.12 bits per heavy atom. The van der Waals surface area contributed by atoms with Gasteiger partial charge in [0, 0.05) is 6.07 Å². The highest BCUT2D eigenvalue weighted by Gasteiger charge is 2.36. The highest BCUT2D eigenvalue weighted by Crippen LogP contribution is 2.33. The van der Waals surface area contributed by atoms with E-state index in [1.807, 2.05) is 0 Å². The van der Waals surface area contributed by atoms with Crippen LogP contribution in [0.1, 0.15) is 19.4 Å². The van der Waals surface area contributed by atoms with Crippen LogP contribution in [-0.2, 0) is 14.3 Å². The molecule has 0 unspecified atom stereocenters. The van der Waals surface area contributed by atoms with Crippen LogP contribution < -0.4 is 0 Å². The van der Waals surface area contributed by atoms with Gasteiger partial charge in [0.15, 0.2) is 0 Å². The number of hydrogen-bond acceptors (Lipinski definition) is 7. The summed E-state index contributed by atoms with van der Waals surface area (Å²) in [4.78, 5) is 46.9. The Balaban J connectivity index is 2.21. The van der Waals surface area contributed by atoms with E-state index in [0.29, 0.717) is 17.3 Å². The van der Waals surface area contributed by atoms with E-state index >= 15 is 0 Å². The van der Waals surface area contributed by atoms with Crippen LogP contribution >= 0.6 is 23.4 Å². The molecule has 0 spiro atoms. The molecule has 0 atom stereocenters. The lowest BCUT2D eigenvalue weighted by Crippen LogP contribution is -2.35. The number of carbonyl (C=O) groups is 3. The van der Waals surface area contributed by atoms with Crippen LogP contribution in [0.4, 0.5) is 10.5 Å². The summed E-state index contributed by atoms with van der Waals surface area (Å²) < 4.78 is 4.91. The number of nitro groups is 1. The second-order valence-corrected chi connectivity index (χ2v) is 6.67. The third kappa shape index (κ3) is 4.58. The lowest BCUT2D eigenvalue weighted by atomic mass is 10.2. The third-order valence-corrected chi connectivity index (χ3v) is 4.22. The molecule has 0 aromatic heterocycles. The number of esters is 1. The number of thioether (sulfide) groups is 1. The molecule has 10 heteroatoms. The lowest BCUT2D eigenvalue weighted by Gasteiger charge is -2.13. The second-order valence-electron chi connectivity index (χ2n) is 5.27. The largest absolute Gasteiger partial charge is 0.462 e. The highest BCUT2D eigenvalue weighted by molar-refractivity contribution is 8.18. The minimum atomic E-state index is -0.694. The van der Waals surface area contributed by atoms with E-state index in [-0.39, 0.29) is 21.7 Å². The first-order valence-electron chi connectivity index (χ1n) is 7.08. The van der Waals surface area contributed by atoms with Gasteiger partial charge in [-0.3, -0.25) is 29.4 Å². The van der Waals surface area contributed by atoms with E-state index in [4.69, 9.17) is 16.3 Å². The van der Waals surface area contributed by atoms with Crippen LogP contribution in [0.3, 0.4) is 0 Å². The molecule has 1 heterocycles. The Bertz CT molecular complexity index is 792. The van der Waals surface area contributed by atoms with Gasteiger partial charge in [-0.15, -0.1) is 0 Å². The maximum Gasteiger partial charge on any atom is 0.326 e. The monoisotopic (exact) mass is 384 g/mol. The molecule has 8 nitrogen and oxygen atoms in total. The Morgan fingerprint density at radius 1 is 1.44 bits per heavy atom. The van der Waals surface area contributed by atoms with E-state index in [0.717, 1.165) is 4.90 Å². The molecule has 25 heavy (non-hydrogen) atoms. The Kier molecular flexibility index (Phi) is 5.81. The van der Waals surface area contributed by atoms with E-state index < -0.39 is 28.6 Å². The van der Waals surface area contributed by atoms with Gasteiger partial charge < -0.3 is 4.74 Å². The zero-order valence-corrected chi connectivity index (χ0v) is 14.8. The fraction of sp³-hybridized carbons (Fsp3) is 0.267. The molecule has 2 amide bonds. The first kappa shape index (κ1) is 18.9. The Morgan fingerprint density at radius 3 is 2.72 bits per heavy atom. The summed E-state index contributed by atoms with van der Waals surface area (Å²) in [6, 6.07) is 4.01. The molecular weight excluding hydrogens is 372 g/mol. The average Bonchev–Trinajstić information content (AvgIpc) is 2.75. The van der Waals surface area contributed by atoms with Gasteiger partial charge in [-0.1, -0.05) is 17.7 Å². The molecule has 0 saturated carbocycles. The van der Waals surface area contributed by atoms with Crippen LogP contribution in [0.25, 0.3) is 6.08 Å². The number of benzene rings is 1. The summed E-state index contributed by atoms with van der Waals surface area (Å²) in [5.74, 6) is -1.35. The van der Waals surface area contributed by atoms with Gasteiger partial charge >= 0.3 is 5.97 Å². The number of carbonyl (C=O) groups excluding carboxylic acids is 3. The number of imide groups is 1. The molecule has 1 aromatic carbocycles. The summed E-state index contributed by atoms with van der Waals surface area (Å²) in [6.45, 7) is 2.82. The van der Waals surface area contributed by atoms with E-state index in [9.17, 15) is 24.5 Å². The molecule has 132 valence electrons. The normalized spacial score (nSPS) is 16.0. The molecule has 1 aliphatic rings. The standard InChI is InChI=1S/C15H13ClN2O6S/c1-8(2)24-13(19)7-17-14(20)12(25-15(17)21)6-9-3-4-10(16)11(5-9)18(22)23/h3-6,8H,7H2,1-2H3/b12-6+. The number of nitro benzene ring substituents is 1. The SMILES string of the molecule is CC(C)OC(=O)CN1C(=O)S/C(=C/c2ccc(Cl)c([N+](=O)[O-])c2)C1=O. The first-order valence-corrected chi connectivity index (χ1v) is 8.27. The number of halogens is 1. The number of hydrogen-bond donors (Lipinski definition) is 0. The zero-order valence-electron chi connectivity index (χ0n) is 13.2. The van der Waals surface area contributed by atoms with Crippen LogP contribution in [0.15, 0.2) is 23.1 Å². The highest BCUT2D eigenvalue weighted by atomic mass is 35.5. The zero-order chi connectivity index (χ0) is 18.7. The van der Waals surface area contributed by atoms with Crippen LogP contribution in [0.2, 0.25) is 5.02 Å². The summed E-state index contributed by atoms with van der Waals surface area (Å²) in [6.07, 6.45) is 0.972. The van der Waals surface area contributed by atoms with Crippen molar-refractivity contribution in [3.05, 3.63) is 43.8 Å². The van der Waals surface area contributed by atoms with E-state index in [2.05, 4.69) is 0 Å². The molecule has 1 aromatic rings. The van der Waals surface area contributed by atoms with Gasteiger partial charge in [0.1, 0.15) is 11.6 Å². The first-order chi connectivity index (χ1) is 11.7. The van der Waals surface area contributed by atoms with Gasteiger partial charge in [0.25, 0.3) is 16.8 Å². The number of nitrogens with zero attached hydrogens (tertiary/aromatic N) is 2. The molecule has 1 saturated heterocycles. The third-order valence-electron chi connectivity index (χ3n) is 2.99. The minimum absolute atomic E-state index is 0.0355. The summed E-state index contributed by atoms with van der Waals surface area (Å²) in [5, 5.41) is 10.3. The Hall–Kier alpha value is -2.39. The van der Waals surface area contributed by atoms with Crippen molar-refractivity contribution in [3.63, 3.8) is 0 Å². The van der Waals surface area contributed by atoms with Crippen LogP contribution in [0, 0.1) is 10.1 Å². The average molecular weight is 385 g/mol. The lowest BCUT2D eigenvalue weighted by molar-refractivity contribution is -0.384. The smallest absolute Gasteiger partial charge is 0.326 e. The van der Waals surface area contributed by atoms with Gasteiger partial charge in [-0.2, -0.15) is 0 Å². The number of rotatable bonds is 5. The number of ether oxygens (including phenoxy) is 1. The van der Waals surface area contributed by atoms with Crippen molar-refractivity contribution in [2.24, 2.45) is 0 Å². The predicted molar refractivity (Wildman–Crippen MR) is 92.0 cm³/mol. The summed E-state index contributed by atoms with van der Waals surface area (Å²) in [7, 11) is 0. The van der Waals surface area contributed by atoms with Crippen molar-refractivity contribution in [2.45, 2.75) is 20.0 Å². The van der Waals surface area contributed by atoms with Gasteiger partial charge in [0.05, 0.1) is 15.9 Å². The van der Waals surface area contributed by atoms with E-state index in [1.165, 1.54) is 24.3 Å². The van der Waals surface area contributed by atoms with Crippen molar-refractivity contribution in [3.8, 4) is 0 Å². The van der Waals surface area contributed by atoms with Crippen molar-refractivity contribution in [1.29, 1.82) is 0 Å². The van der Waals surface area contributed by atoms with Gasteiger partial charge in [-0.05, 0) is 43.3 Å². The molecule has 1 fully saturated rings. The van der Waals surface area contributed by atoms with Crippen LogP contribution in [-0.4, -0.2) is 39.6 Å². The molecule has 0 bridgehead atoms. The fourth-order valence-electron chi connectivity index (χ4n) is 1.98. The van der Waals surface area contributed by atoms with Crippen molar-refractivity contribution < 1.29 is 24.0 Å². The Labute approximate surface area is 151 Å². The molecule has 0 N–H and O–H groups in total. The summed E-state index contributed by atoms with van der Waals surface area (Å²) in [5.41, 5.74) is 0.0292.